The van der Waals surface area contributed by atoms with Gasteiger partial charge in [-0.25, -0.2) is 0 Å². The maximum absolute atomic E-state index is 10.6. The topological polar surface area (TPSA) is 62.2 Å². The molecule has 0 amide bonds. The van der Waals surface area contributed by atoms with Gasteiger partial charge in [0.1, 0.15) is 18.1 Å². The van der Waals surface area contributed by atoms with Crippen LogP contribution in [0.3, 0.4) is 0 Å². The quantitative estimate of drug-likeness (QED) is 0.802. The minimum absolute atomic E-state index is 0.135. The zero-order valence-corrected chi connectivity index (χ0v) is 12.3. The smallest absolute Gasteiger partial charge is 0.317 e. The monoisotopic (exact) mass is 294 g/mol. The van der Waals surface area contributed by atoms with Crippen LogP contribution in [0.4, 0.5) is 0 Å². The summed E-state index contributed by atoms with van der Waals surface area (Å²) in [5, 5.41) is 8.75. The Morgan fingerprint density at radius 3 is 2.24 bits per heavy atom. The highest BCUT2D eigenvalue weighted by atomic mass is 16.5. The van der Waals surface area contributed by atoms with Gasteiger partial charge in [-0.2, -0.15) is 0 Å². The Labute approximate surface area is 124 Å². The number of hydrogen-bond donors (Lipinski definition) is 1. The maximum Gasteiger partial charge on any atom is 0.317 e. The molecule has 1 aliphatic heterocycles. The third-order valence-corrected chi connectivity index (χ3v) is 3.56. The molecule has 0 atom stereocenters. The Kier molecular flexibility index (Phi) is 5.83. The van der Waals surface area contributed by atoms with E-state index in [4.69, 9.17) is 14.6 Å². The molecule has 0 aromatic heterocycles. The molecule has 1 saturated heterocycles. The van der Waals surface area contributed by atoms with Crippen LogP contribution in [0.1, 0.15) is 0 Å². The summed E-state index contributed by atoms with van der Waals surface area (Å²) < 4.78 is 10.8. The van der Waals surface area contributed by atoms with Crippen molar-refractivity contribution in [3.8, 4) is 11.5 Å². The summed E-state index contributed by atoms with van der Waals surface area (Å²) in [4.78, 5) is 14.9. The molecule has 1 heterocycles. The van der Waals surface area contributed by atoms with E-state index in [9.17, 15) is 4.79 Å². The van der Waals surface area contributed by atoms with Crippen molar-refractivity contribution in [2.45, 2.75) is 0 Å². The van der Waals surface area contributed by atoms with Crippen LogP contribution in [-0.4, -0.2) is 73.9 Å². The standard InChI is InChI=1S/C15H22N2O4/c1-20-13-2-4-14(5-3-13)21-11-10-16-6-8-17(9-7-16)12-15(18)19/h2-5H,6-12H2,1H3,(H,18,19). The normalized spacial score (nSPS) is 16.6. The first-order chi connectivity index (χ1) is 10.2. The summed E-state index contributed by atoms with van der Waals surface area (Å²) in [7, 11) is 1.64. The van der Waals surface area contributed by atoms with E-state index in [-0.39, 0.29) is 6.54 Å². The van der Waals surface area contributed by atoms with Gasteiger partial charge in [0, 0.05) is 32.7 Å². The Hall–Kier alpha value is -1.79. The van der Waals surface area contributed by atoms with Gasteiger partial charge in [0.15, 0.2) is 0 Å². The highest BCUT2D eigenvalue weighted by Gasteiger charge is 2.18. The number of carboxylic acid groups (broad SMARTS) is 1. The number of carbonyl (C=O) groups is 1. The Morgan fingerprint density at radius 2 is 1.67 bits per heavy atom. The molecule has 6 heteroatoms. The van der Waals surface area contributed by atoms with E-state index >= 15 is 0 Å². The van der Waals surface area contributed by atoms with Crippen molar-refractivity contribution < 1.29 is 19.4 Å². The summed E-state index contributed by atoms with van der Waals surface area (Å²) in [6.07, 6.45) is 0. The lowest BCUT2D eigenvalue weighted by Gasteiger charge is -2.33. The van der Waals surface area contributed by atoms with E-state index in [1.54, 1.807) is 7.11 Å². The van der Waals surface area contributed by atoms with Crippen molar-refractivity contribution in [1.82, 2.24) is 9.80 Å². The van der Waals surface area contributed by atoms with Gasteiger partial charge in [-0.1, -0.05) is 0 Å². The van der Waals surface area contributed by atoms with Crippen LogP contribution in [0.15, 0.2) is 24.3 Å². The number of aliphatic carboxylic acids is 1. The summed E-state index contributed by atoms with van der Waals surface area (Å²) >= 11 is 0. The van der Waals surface area contributed by atoms with Crippen molar-refractivity contribution in [2.75, 3.05) is 53.0 Å². The number of nitrogens with zero attached hydrogens (tertiary/aromatic N) is 2. The first-order valence-corrected chi connectivity index (χ1v) is 7.11. The molecule has 1 aromatic carbocycles. The van der Waals surface area contributed by atoms with Crippen LogP contribution in [0, 0.1) is 0 Å². The van der Waals surface area contributed by atoms with Crippen molar-refractivity contribution in [2.24, 2.45) is 0 Å². The lowest BCUT2D eigenvalue weighted by molar-refractivity contribution is -0.138. The average molecular weight is 294 g/mol. The second-order valence-corrected chi connectivity index (χ2v) is 5.04. The van der Waals surface area contributed by atoms with E-state index < -0.39 is 5.97 Å². The van der Waals surface area contributed by atoms with Crippen LogP contribution in [0.5, 0.6) is 11.5 Å². The number of benzene rings is 1. The Morgan fingerprint density at radius 1 is 1.10 bits per heavy atom. The van der Waals surface area contributed by atoms with Crippen LogP contribution in [0.2, 0.25) is 0 Å². The Bertz CT molecular complexity index is 441. The highest BCUT2D eigenvalue weighted by Crippen LogP contribution is 2.16. The van der Waals surface area contributed by atoms with Crippen molar-refractivity contribution in [3.05, 3.63) is 24.3 Å². The summed E-state index contributed by atoms with van der Waals surface area (Å²) in [6.45, 7) is 5.00. The fraction of sp³-hybridized carbons (Fsp3) is 0.533. The zero-order chi connectivity index (χ0) is 15.1. The van der Waals surface area contributed by atoms with E-state index in [1.165, 1.54) is 0 Å². The van der Waals surface area contributed by atoms with Gasteiger partial charge in [-0.05, 0) is 24.3 Å². The number of carboxylic acids is 1. The minimum Gasteiger partial charge on any atom is -0.497 e. The molecule has 116 valence electrons. The molecule has 0 radical (unpaired) electrons. The fourth-order valence-corrected chi connectivity index (χ4v) is 2.33. The van der Waals surface area contributed by atoms with Crippen LogP contribution >= 0.6 is 0 Å². The van der Waals surface area contributed by atoms with Gasteiger partial charge < -0.3 is 14.6 Å². The zero-order valence-electron chi connectivity index (χ0n) is 12.3. The molecule has 1 fully saturated rings. The number of ether oxygens (including phenoxy) is 2. The molecule has 1 N–H and O–H groups in total. The van der Waals surface area contributed by atoms with Gasteiger partial charge in [0.05, 0.1) is 13.7 Å². The summed E-state index contributed by atoms with van der Waals surface area (Å²) in [5.74, 6) is 0.892. The molecule has 1 aliphatic rings. The first-order valence-electron chi connectivity index (χ1n) is 7.11. The molecule has 2 rings (SSSR count). The number of rotatable bonds is 7. The molecule has 0 unspecified atom stereocenters. The number of methoxy groups -OCH3 is 1. The van der Waals surface area contributed by atoms with E-state index in [1.807, 2.05) is 29.2 Å². The lowest BCUT2D eigenvalue weighted by Crippen LogP contribution is -2.48. The summed E-state index contributed by atoms with van der Waals surface area (Å²) in [6, 6.07) is 7.53. The molecule has 1 aromatic rings. The van der Waals surface area contributed by atoms with E-state index in [0.717, 1.165) is 44.2 Å². The van der Waals surface area contributed by atoms with Crippen LogP contribution < -0.4 is 9.47 Å². The molecule has 0 aliphatic carbocycles. The van der Waals surface area contributed by atoms with Crippen molar-refractivity contribution >= 4 is 5.97 Å². The molecule has 6 nitrogen and oxygen atoms in total. The van der Waals surface area contributed by atoms with Gasteiger partial charge in [-0.3, -0.25) is 14.6 Å². The number of piperazine rings is 1. The van der Waals surface area contributed by atoms with Crippen LogP contribution in [0.25, 0.3) is 0 Å². The van der Waals surface area contributed by atoms with Gasteiger partial charge in [0.2, 0.25) is 0 Å². The van der Waals surface area contributed by atoms with Gasteiger partial charge >= 0.3 is 5.97 Å². The predicted octanol–water partition coefficient (Wildman–Crippen LogP) is 0.776. The SMILES string of the molecule is COc1ccc(OCCN2CCN(CC(=O)O)CC2)cc1. The Balaban J connectivity index is 1.64. The lowest BCUT2D eigenvalue weighted by atomic mass is 10.3. The number of hydrogen-bond acceptors (Lipinski definition) is 5. The average Bonchev–Trinajstić information content (AvgIpc) is 2.49. The second-order valence-electron chi connectivity index (χ2n) is 5.04. The van der Waals surface area contributed by atoms with E-state index in [2.05, 4.69) is 4.90 Å². The largest absolute Gasteiger partial charge is 0.497 e. The van der Waals surface area contributed by atoms with Crippen molar-refractivity contribution in [3.63, 3.8) is 0 Å². The molecule has 21 heavy (non-hydrogen) atoms. The van der Waals surface area contributed by atoms with Gasteiger partial charge in [0.25, 0.3) is 0 Å². The van der Waals surface area contributed by atoms with E-state index in [0.29, 0.717) is 6.61 Å². The maximum atomic E-state index is 10.6. The minimum atomic E-state index is -0.758. The second kappa shape index (κ2) is 7.85. The third kappa shape index (κ3) is 5.24. The van der Waals surface area contributed by atoms with Gasteiger partial charge in [-0.15, -0.1) is 0 Å². The molecule has 0 spiro atoms. The fourth-order valence-electron chi connectivity index (χ4n) is 2.33. The first kappa shape index (κ1) is 15.6. The summed E-state index contributed by atoms with van der Waals surface area (Å²) in [5.41, 5.74) is 0. The molecular formula is C15H22N2O4. The molecular weight excluding hydrogens is 272 g/mol. The highest BCUT2D eigenvalue weighted by molar-refractivity contribution is 5.69. The molecule has 0 bridgehead atoms. The third-order valence-electron chi connectivity index (χ3n) is 3.56. The van der Waals surface area contributed by atoms with Crippen molar-refractivity contribution in [1.29, 1.82) is 0 Å². The van der Waals surface area contributed by atoms with Crippen LogP contribution in [-0.2, 0) is 4.79 Å². The molecule has 0 saturated carbocycles. The predicted molar refractivity (Wildman–Crippen MR) is 79.0 cm³/mol.